The van der Waals surface area contributed by atoms with Crippen molar-refractivity contribution in [1.29, 1.82) is 0 Å². The Balaban J connectivity index is 1.57. The van der Waals surface area contributed by atoms with E-state index in [2.05, 4.69) is 15.3 Å². The van der Waals surface area contributed by atoms with E-state index in [9.17, 15) is 4.79 Å². The first-order valence-corrected chi connectivity index (χ1v) is 7.89. The molecule has 1 N–H and O–H groups in total. The Bertz CT molecular complexity index is 741. The molecule has 1 amide bonds. The van der Waals surface area contributed by atoms with Gasteiger partial charge >= 0.3 is 0 Å². The second kappa shape index (κ2) is 6.95. The maximum Gasteiger partial charge on any atom is 0.226 e. The second-order valence-electron chi connectivity index (χ2n) is 4.81. The predicted molar refractivity (Wildman–Crippen MR) is 88.7 cm³/mol. The van der Waals surface area contributed by atoms with Gasteiger partial charge in [-0.3, -0.25) is 9.78 Å². The van der Waals surface area contributed by atoms with Crippen LogP contribution in [0.5, 0.6) is 0 Å². The summed E-state index contributed by atoms with van der Waals surface area (Å²) in [5, 5.41) is 5.44. The van der Waals surface area contributed by atoms with Gasteiger partial charge in [0.15, 0.2) is 5.13 Å². The molecule has 0 fully saturated rings. The average Bonchev–Trinajstić information content (AvgIpc) is 3.03. The number of nitrogens with zero attached hydrogens (tertiary/aromatic N) is 2. The molecule has 0 saturated heterocycles. The van der Waals surface area contributed by atoms with Gasteiger partial charge in [-0.1, -0.05) is 36.4 Å². The lowest BCUT2D eigenvalue weighted by atomic mass is 10.1. The number of hydrogen-bond donors (Lipinski definition) is 1. The molecule has 0 aliphatic carbocycles. The van der Waals surface area contributed by atoms with Crippen LogP contribution in [0.3, 0.4) is 0 Å². The van der Waals surface area contributed by atoms with Crippen molar-refractivity contribution in [3.8, 4) is 11.3 Å². The lowest BCUT2D eigenvalue weighted by molar-refractivity contribution is -0.116. The predicted octanol–water partition coefficient (Wildman–Crippen LogP) is 3.78. The Morgan fingerprint density at radius 1 is 1.14 bits per heavy atom. The first-order chi connectivity index (χ1) is 10.8. The number of carbonyl (C=O) groups excluding carboxylic acids is 1. The molecule has 0 spiro atoms. The van der Waals surface area contributed by atoms with Crippen LogP contribution in [-0.4, -0.2) is 15.9 Å². The van der Waals surface area contributed by atoms with Gasteiger partial charge in [0.05, 0.1) is 5.69 Å². The molecule has 22 heavy (non-hydrogen) atoms. The molecule has 1 aromatic carbocycles. The number of thiazole rings is 1. The van der Waals surface area contributed by atoms with Crippen LogP contribution in [0.2, 0.25) is 0 Å². The van der Waals surface area contributed by atoms with Gasteiger partial charge in [0, 0.05) is 29.8 Å². The van der Waals surface area contributed by atoms with Crippen LogP contribution in [0.15, 0.2) is 60.2 Å². The molecule has 0 radical (unpaired) electrons. The van der Waals surface area contributed by atoms with Gasteiger partial charge in [-0.2, -0.15) is 0 Å². The van der Waals surface area contributed by atoms with E-state index in [1.54, 1.807) is 12.4 Å². The van der Waals surface area contributed by atoms with E-state index in [-0.39, 0.29) is 5.91 Å². The molecule has 3 aromatic rings. The normalized spacial score (nSPS) is 10.4. The summed E-state index contributed by atoms with van der Waals surface area (Å²) < 4.78 is 0. The first-order valence-electron chi connectivity index (χ1n) is 7.01. The molecule has 5 heteroatoms. The Hall–Kier alpha value is -2.53. The second-order valence-corrected chi connectivity index (χ2v) is 5.67. The average molecular weight is 309 g/mol. The van der Waals surface area contributed by atoms with Gasteiger partial charge in [-0.25, -0.2) is 4.98 Å². The monoisotopic (exact) mass is 309 g/mol. The molecule has 0 saturated carbocycles. The molecule has 0 unspecified atom stereocenters. The summed E-state index contributed by atoms with van der Waals surface area (Å²) in [6.45, 7) is 0. The molecule has 110 valence electrons. The Labute approximate surface area is 132 Å². The molecule has 2 heterocycles. The van der Waals surface area contributed by atoms with Gasteiger partial charge < -0.3 is 5.32 Å². The highest BCUT2D eigenvalue weighted by Gasteiger charge is 2.08. The van der Waals surface area contributed by atoms with Crippen molar-refractivity contribution >= 4 is 22.4 Å². The summed E-state index contributed by atoms with van der Waals surface area (Å²) in [5.41, 5.74) is 2.99. The standard InChI is InChI=1S/C17H15N3OS/c21-16(9-8-13-5-4-10-18-11-13)20-17-19-15(12-22-17)14-6-2-1-3-7-14/h1-7,10-12H,8-9H2,(H,19,20,21). The van der Waals surface area contributed by atoms with Crippen LogP contribution < -0.4 is 5.32 Å². The van der Waals surface area contributed by atoms with Crippen molar-refractivity contribution in [3.63, 3.8) is 0 Å². The van der Waals surface area contributed by atoms with Gasteiger partial charge in [0.1, 0.15) is 0 Å². The van der Waals surface area contributed by atoms with Crippen molar-refractivity contribution in [1.82, 2.24) is 9.97 Å². The minimum absolute atomic E-state index is 0.0298. The molecule has 2 aromatic heterocycles. The molecule has 4 nitrogen and oxygen atoms in total. The van der Waals surface area contributed by atoms with Crippen LogP contribution in [-0.2, 0) is 11.2 Å². The van der Waals surface area contributed by atoms with Crippen LogP contribution in [0.1, 0.15) is 12.0 Å². The van der Waals surface area contributed by atoms with Crippen molar-refractivity contribution in [2.75, 3.05) is 5.32 Å². The number of carbonyl (C=O) groups is 1. The third kappa shape index (κ3) is 3.77. The molecule has 0 bridgehead atoms. The van der Waals surface area contributed by atoms with Crippen molar-refractivity contribution in [2.24, 2.45) is 0 Å². The van der Waals surface area contributed by atoms with Crippen LogP contribution >= 0.6 is 11.3 Å². The van der Waals surface area contributed by atoms with Crippen LogP contribution in [0.25, 0.3) is 11.3 Å². The number of aromatic nitrogens is 2. The van der Waals surface area contributed by atoms with Crippen molar-refractivity contribution in [2.45, 2.75) is 12.8 Å². The number of pyridine rings is 1. The fourth-order valence-electron chi connectivity index (χ4n) is 2.06. The van der Waals surface area contributed by atoms with E-state index in [1.165, 1.54) is 11.3 Å². The lowest BCUT2D eigenvalue weighted by Gasteiger charge is -2.01. The topological polar surface area (TPSA) is 54.9 Å². The number of hydrogen-bond acceptors (Lipinski definition) is 4. The summed E-state index contributed by atoms with van der Waals surface area (Å²) >= 11 is 1.44. The van der Waals surface area contributed by atoms with Gasteiger partial charge in [0.25, 0.3) is 0 Å². The zero-order valence-electron chi connectivity index (χ0n) is 11.9. The van der Waals surface area contributed by atoms with E-state index >= 15 is 0 Å². The summed E-state index contributed by atoms with van der Waals surface area (Å²) in [6.07, 6.45) is 4.61. The summed E-state index contributed by atoms with van der Waals surface area (Å²) in [4.78, 5) is 20.5. The number of amides is 1. The zero-order chi connectivity index (χ0) is 15.2. The van der Waals surface area contributed by atoms with E-state index < -0.39 is 0 Å². The maximum absolute atomic E-state index is 12.0. The third-order valence-electron chi connectivity index (χ3n) is 3.18. The fraction of sp³-hybridized carbons (Fsp3) is 0.118. The maximum atomic E-state index is 12.0. The summed E-state index contributed by atoms with van der Waals surface area (Å²) in [6, 6.07) is 13.8. The first kappa shape index (κ1) is 14.4. The van der Waals surface area contributed by atoms with E-state index in [0.29, 0.717) is 18.0 Å². The zero-order valence-corrected chi connectivity index (χ0v) is 12.7. The SMILES string of the molecule is O=C(CCc1cccnc1)Nc1nc(-c2ccccc2)cs1. The van der Waals surface area contributed by atoms with Crippen molar-refractivity contribution in [3.05, 3.63) is 65.8 Å². The quantitative estimate of drug-likeness (QED) is 0.780. The lowest BCUT2D eigenvalue weighted by Crippen LogP contribution is -2.12. The highest BCUT2D eigenvalue weighted by atomic mass is 32.1. The Kier molecular flexibility index (Phi) is 4.56. The van der Waals surface area contributed by atoms with Crippen LogP contribution in [0.4, 0.5) is 5.13 Å². The number of rotatable bonds is 5. The van der Waals surface area contributed by atoms with E-state index in [4.69, 9.17) is 0 Å². The third-order valence-corrected chi connectivity index (χ3v) is 3.94. The summed E-state index contributed by atoms with van der Waals surface area (Å²) in [5.74, 6) is -0.0298. The van der Waals surface area contributed by atoms with Gasteiger partial charge in [-0.15, -0.1) is 11.3 Å². The minimum atomic E-state index is -0.0298. The van der Waals surface area contributed by atoms with Gasteiger partial charge in [0.2, 0.25) is 5.91 Å². The Morgan fingerprint density at radius 3 is 2.77 bits per heavy atom. The number of nitrogens with one attached hydrogen (secondary N) is 1. The smallest absolute Gasteiger partial charge is 0.226 e. The molecular formula is C17H15N3OS. The number of anilines is 1. The van der Waals surface area contributed by atoms with E-state index in [0.717, 1.165) is 16.8 Å². The fourth-order valence-corrected chi connectivity index (χ4v) is 2.79. The molecule has 0 atom stereocenters. The molecule has 3 rings (SSSR count). The van der Waals surface area contributed by atoms with Crippen LogP contribution in [0, 0.1) is 0 Å². The number of aryl methyl sites for hydroxylation is 1. The highest BCUT2D eigenvalue weighted by Crippen LogP contribution is 2.24. The van der Waals surface area contributed by atoms with E-state index in [1.807, 2.05) is 47.8 Å². The highest BCUT2D eigenvalue weighted by molar-refractivity contribution is 7.14. The minimum Gasteiger partial charge on any atom is -0.302 e. The number of benzene rings is 1. The largest absolute Gasteiger partial charge is 0.302 e. The van der Waals surface area contributed by atoms with Gasteiger partial charge in [-0.05, 0) is 18.1 Å². The molecule has 0 aliphatic rings. The molecular weight excluding hydrogens is 294 g/mol. The Morgan fingerprint density at radius 2 is 2.00 bits per heavy atom. The molecule has 0 aliphatic heterocycles. The van der Waals surface area contributed by atoms with Crippen molar-refractivity contribution < 1.29 is 4.79 Å². The summed E-state index contributed by atoms with van der Waals surface area (Å²) in [7, 11) is 0.